The monoisotopic (exact) mass is 242 g/mol. The van der Waals surface area contributed by atoms with Crippen molar-refractivity contribution < 1.29 is 4.74 Å². The van der Waals surface area contributed by atoms with Crippen LogP contribution in [0, 0.1) is 6.92 Å². The normalized spacial score (nSPS) is 12.2. The lowest BCUT2D eigenvalue weighted by Gasteiger charge is -2.15. The number of hydrogen-bond acceptors (Lipinski definition) is 3. The molecule has 0 bridgehead atoms. The second-order valence-corrected chi connectivity index (χ2v) is 4.34. The Bertz CT molecular complexity index is 578. The van der Waals surface area contributed by atoms with Gasteiger partial charge in [0.2, 0.25) is 0 Å². The van der Waals surface area contributed by atoms with Gasteiger partial charge >= 0.3 is 0 Å². The van der Waals surface area contributed by atoms with E-state index in [0.717, 1.165) is 28.0 Å². The molecule has 1 aromatic heterocycles. The maximum atomic E-state index is 5.36. The van der Waals surface area contributed by atoms with Crippen molar-refractivity contribution in [1.82, 2.24) is 4.98 Å². The van der Waals surface area contributed by atoms with Crippen LogP contribution in [0.15, 0.2) is 36.9 Å². The Labute approximate surface area is 107 Å². The number of para-hydroxylation sites is 1. The van der Waals surface area contributed by atoms with E-state index in [4.69, 9.17) is 4.74 Å². The Balaban J connectivity index is 2.62. The molecule has 0 saturated carbocycles. The van der Waals surface area contributed by atoms with E-state index in [-0.39, 0.29) is 6.04 Å². The van der Waals surface area contributed by atoms with Crippen molar-refractivity contribution in [1.29, 1.82) is 0 Å². The number of ether oxygens (including phenoxy) is 1. The zero-order valence-electron chi connectivity index (χ0n) is 11.0. The molecule has 1 atom stereocenters. The van der Waals surface area contributed by atoms with Gasteiger partial charge in [-0.05, 0) is 26.0 Å². The van der Waals surface area contributed by atoms with Crippen molar-refractivity contribution in [3.8, 4) is 5.75 Å². The van der Waals surface area contributed by atoms with Crippen LogP contribution in [0.25, 0.3) is 10.9 Å². The summed E-state index contributed by atoms with van der Waals surface area (Å²) in [5, 5.41) is 4.48. The third-order valence-electron chi connectivity index (χ3n) is 2.89. The predicted molar refractivity (Wildman–Crippen MR) is 76.3 cm³/mol. The molecule has 3 nitrogen and oxygen atoms in total. The molecule has 0 radical (unpaired) electrons. The van der Waals surface area contributed by atoms with E-state index < -0.39 is 0 Å². The fourth-order valence-corrected chi connectivity index (χ4v) is 1.94. The average molecular weight is 242 g/mol. The number of nitrogens with one attached hydrogen (secondary N) is 1. The minimum absolute atomic E-state index is 0.209. The molecule has 2 aromatic rings. The van der Waals surface area contributed by atoms with E-state index in [1.165, 1.54) is 0 Å². The molecule has 0 amide bonds. The van der Waals surface area contributed by atoms with E-state index in [2.05, 4.69) is 23.8 Å². The molecule has 18 heavy (non-hydrogen) atoms. The molecule has 94 valence electrons. The van der Waals surface area contributed by atoms with Gasteiger partial charge in [-0.15, -0.1) is 6.58 Å². The number of aromatic nitrogens is 1. The predicted octanol–water partition coefficient (Wildman–Crippen LogP) is 3.54. The van der Waals surface area contributed by atoms with Crippen LogP contribution in [0.5, 0.6) is 5.75 Å². The van der Waals surface area contributed by atoms with Crippen LogP contribution in [-0.4, -0.2) is 18.1 Å². The van der Waals surface area contributed by atoms with Gasteiger partial charge < -0.3 is 10.1 Å². The lowest BCUT2D eigenvalue weighted by molar-refractivity contribution is 0.419. The summed E-state index contributed by atoms with van der Waals surface area (Å²) in [6.45, 7) is 7.84. The van der Waals surface area contributed by atoms with Crippen molar-refractivity contribution >= 4 is 16.6 Å². The number of benzene rings is 1. The molecule has 0 aliphatic rings. The summed E-state index contributed by atoms with van der Waals surface area (Å²) < 4.78 is 5.36. The minimum atomic E-state index is 0.209. The molecule has 0 fully saturated rings. The SMILES string of the molecule is C=CC(C)Nc1cc(C)nc2c(OC)cccc12. The van der Waals surface area contributed by atoms with E-state index >= 15 is 0 Å². The minimum Gasteiger partial charge on any atom is -0.494 e. The van der Waals surface area contributed by atoms with Gasteiger partial charge in [-0.1, -0.05) is 18.2 Å². The number of methoxy groups -OCH3 is 1. The Kier molecular flexibility index (Phi) is 3.51. The van der Waals surface area contributed by atoms with Gasteiger partial charge in [-0.2, -0.15) is 0 Å². The zero-order chi connectivity index (χ0) is 13.1. The highest BCUT2D eigenvalue weighted by Crippen LogP contribution is 2.30. The summed E-state index contributed by atoms with van der Waals surface area (Å²) in [5.41, 5.74) is 2.91. The first-order chi connectivity index (χ1) is 8.65. The Morgan fingerprint density at radius 3 is 2.89 bits per heavy atom. The summed E-state index contributed by atoms with van der Waals surface area (Å²) in [6, 6.07) is 8.20. The van der Waals surface area contributed by atoms with Gasteiger partial charge in [0.25, 0.3) is 0 Å². The van der Waals surface area contributed by atoms with Crippen molar-refractivity contribution in [2.75, 3.05) is 12.4 Å². The van der Waals surface area contributed by atoms with Gasteiger partial charge in [0.1, 0.15) is 11.3 Å². The van der Waals surface area contributed by atoms with Crippen LogP contribution in [-0.2, 0) is 0 Å². The maximum absolute atomic E-state index is 5.36. The Hall–Kier alpha value is -2.03. The molecule has 1 unspecified atom stereocenters. The summed E-state index contributed by atoms with van der Waals surface area (Å²) in [6.07, 6.45) is 1.88. The number of anilines is 1. The lowest BCUT2D eigenvalue weighted by atomic mass is 10.1. The maximum Gasteiger partial charge on any atom is 0.145 e. The van der Waals surface area contributed by atoms with E-state index in [1.807, 2.05) is 37.3 Å². The largest absolute Gasteiger partial charge is 0.494 e. The highest BCUT2D eigenvalue weighted by atomic mass is 16.5. The number of pyridine rings is 1. The second kappa shape index (κ2) is 5.08. The number of hydrogen-bond donors (Lipinski definition) is 1. The Morgan fingerprint density at radius 2 is 2.22 bits per heavy atom. The van der Waals surface area contributed by atoms with Gasteiger partial charge in [0.15, 0.2) is 0 Å². The van der Waals surface area contributed by atoms with Gasteiger partial charge in [0.05, 0.1) is 7.11 Å². The number of nitrogens with zero attached hydrogens (tertiary/aromatic N) is 1. The van der Waals surface area contributed by atoms with Gasteiger partial charge in [-0.25, -0.2) is 4.98 Å². The molecule has 0 spiro atoms. The van der Waals surface area contributed by atoms with Crippen LogP contribution in [0.2, 0.25) is 0 Å². The summed E-state index contributed by atoms with van der Waals surface area (Å²) in [5.74, 6) is 0.797. The topological polar surface area (TPSA) is 34.2 Å². The number of fused-ring (bicyclic) bond motifs is 1. The van der Waals surface area contributed by atoms with E-state index in [1.54, 1.807) is 7.11 Å². The van der Waals surface area contributed by atoms with E-state index in [9.17, 15) is 0 Å². The molecule has 1 N–H and O–H groups in total. The van der Waals surface area contributed by atoms with Crippen molar-refractivity contribution in [2.45, 2.75) is 19.9 Å². The fraction of sp³-hybridized carbons (Fsp3) is 0.267. The smallest absolute Gasteiger partial charge is 0.145 e. The first-order valence-corrected chi connectivity index (χ1v) is 5.99. The highest BCUT2D eigenvalue weighted by Gasteiger charge is 2.09. The molecular weight excluding hydrogens is 224 g/mol. The molecule has 0 aliphatic heterocycles. The quantitative estimate of drug-likeness (QED) is 0.833. The van der Waals surface area contributed by atoms with Crippen LogP contribution >= 0.6 is 0 Å². The fourth-order valence-electron chi connectivity index (χ4n) is 1.94. The highest BCUT2D eigenvalue weighted by molar-refractivity contribution is 5.95. The van der Waals surface area contributed by atoms with Crippen molar-refractivity contribution in [3.63, 3.8) is 0 Å². The molecule has 1 aromatic carbocycles. The summed E-state index contributed by atoms with van der Waals surface area (Å²) in [7, 11) is 1.66. The molecule has 2 rings (SSSR count). The van der Waals surface area contributed by atoms with Crippen molar-refractivity contribution in [3.05, 3.63) is 42.6 Å². The third kappa shape index (κ3) is 2.30. The van der Waals surface area contributed by atoms with Gasteiger partial charge in [0, 0.05) is 22.8 Å². The molecular formula is C15H18N2O. The Morgan fingerprint density at radius 1 is 1.44 bits per heavy atom. The molecule has 1 heterocycles. The standard InChI is InChI=1S/C15H18N2O/c1-5-10(2)16-13-9-11(3)17-15-12(13)7-6-8-14(15)18-4/h5-10H,1H2,2-4H3,(H,16,17). The summed E-state index contributed by atoms with van der Waals surface area (Å²) >= 11 is 0. The molecule has 3 heteroatoms. The first kappa shape index (κ1) is 12.4. The first-order valence-electron chi connectivity index (χ1n) is 5.99. The van der Waals surface area contributed by atoms with Crippen LogP contribution in [0.4, 0.5) is 5.69 Å². The van der Waals surface area contributed by atoms with Crippen LogP contribution < -0.4 is 10.1 Å². The van der Waals surface area contributed by atoms with E-state index in [0.29, 0.717) is 0 Å². The molecule has 0 saturated heterocycles. The van der Waals surface area contributed by atoms with Crippen molar-refractivity contribution in [2.24, 2.45) is 0 Å². The zero-order valence-corrected chi connectivity index (χ0v) is 11.0. The third-order valence-corrected chi connectivity index (χ3v) is 2.89. The van der Waals surface area contributed by atoms with Gasteiger partial charge in [-0.3, -0.25) is 0 Å². The second-order valence-electron chi connectivity index (χ2n) is 4.34. The lowest BCUT2D eigenvalue weighted by Crippen LogP contribution is -2.12. The van der Waals surface area contributed by atoms with Crippen LogP contribution in [0.3, 0.4) is 0 Å². The average Bonchev–Trinajstić information content (AvgIpc) is 2.37. The number of aryl methyl sites for hydroxylation is 1. The summed E-state index contributed by atoms with van der Waals surface area (Å²) in [4.78, 5) is 4.55. The molecule has 0 aliphatic carbocycles. The number of rotatable bonds is 4. The van der Waals surface area contributed by atoms with Crippen LogP contribution in [0.1, 0.15) is 12.6 Å².